The number of nitrogens with one attached hydrogen (secondary N) is 1. The maximum Gasteiger partial charge on any atom is 0.347 e. The minimum atomic E-state index is -1.02. The van der Waals surface area contributed by atoms with Gasteiger partial charge in [0.2, 0.25) is 0 Å². The highest BCUT2D eigenvalue weighted by Crippen LogP contribution is 2.24. The van der Waals surface area contributed by atoms with Crippen LogP contribution in [0.2, 0.25) is 5.02 Å². The molecular formula is C16H17ClN2O4S. The number of amides is 1. The van der Waals surface area contributed by atoms with Crippen molar-refractivity contribution >= 4 is 34.8 Å². The Morgan fingerprint density at radius 3 is 2.71 bits per heavy atom. The second kappa shape index (κ2) is 7.63. The van der Waals surface area contributed by atoms with Gasteiger partial charge >= 0.3 is 5.97 Å². The van der Waals surface area contributed by atoms with Crippen LogP contribution in [0.4, 0.5) is 0 Å². The minimum Gasteiger partial charge on any atom is -0.484 e. The van der Waals surface area contributed by atoms with E-state index in [-0.39, 0.29) is 17.4 Å². The van der Waals surface area contributed by atoms with Crippen LogP contribution in [-0.2, 0) is 4.79 Å². The highest BCUT2D eigenvalue weighted by Gasteiger charge is 2.19. The van der Waals surface area contributed by atoms with Gasteiger partial charge in [-0.15, -0.1) is 11.3 Å². The van der Waals surface area contributed by atoms with Gasteiger partial charge in [-0.2, -0.15) is 0 Å². The van der Waals surface area contributed by atoms with Gasteiger partial charge in [0.1, 0.15) is 15.6 Å². The molecule has 0 fully saturated rings. The second-order valence-corrected chi connectivity index (χ2v) is 6.70. The Morgan fingerprint density at radius 1 is 1.42 bits per heavy atom. The molecule has 2 aromatic rings. The molecular weight excluding hydrogens is 352 g/mol. The van der Waals surface area contributed by atoms with Crippen LogP contribution < -0.4 is 10.1 Å². The first-order valence-corrected chi connectivity index (χ1v) is 8.36. The molecule has 1 atom stereocenters. The number of halogens is 1. The second-order valence-electron chi connectivity index (χ2n) is 5.26. The van der Waals surface area contributed by atoms with Gasteiger partial charge in [-0.1, -0.05) is 11.6 Å². The number of hydrogen-bond acceptors (Lipinski definition) is 5. The van der Waals surface area contributed by atoms with Gasteiger partial charge in [-0.05, 0) is 44.5 Å². The molecule has 0 radical (unpaired) electrons. The van der Waals surface area contributed by atoms with Gasteiger partial charge in [-0.25, -0.2) is 9.78 Å². The lowest BCUT2D eigenvalue weighted by atomic mass is 10.2. The Hall–Kier alpha value is -2.12. The first-order valence-electron chi connectivity index (χ1n) is 7.17. The number of hydrogen-bond donors (Lipinski definition) is 2. The first kappa shape index (κ1) is 18.2. The predicted octanol–water partition coefficient (Wildman–Crippen LogP) is 3.37. The van der Waals surface area contributed by atoms with E-state index in [0.29, 0.717) is 21.5 Å². The number of aromatic nitrogens is 1. The van der Waals surface area contributed by atoms with Crippen molar-refractivity contribution < 1.29 is 19.4 Å². The van der Waals surface area contributed by atoms with E-state index >= 15 is 0 Å². The molecule has 6 nitrogen and oxygen atoms in total. The minimum absolute atomic E-state index is 0.151. The fraction of sp³-hybridized carbons (Fsp3) is 0.312. The maximum absolute atomic E-state index is 12.0. The average Bonchev–Trinajstić information content (AvgIpc) is 2.91. The number of carboxylic acid groups (broad SMARTS) is 1. The summed E-state index contributed by atoms with van der Waals surface area (Å²) < 4.78 is 5.43. The van der Waals surface area contributed by atoms with E-state index in [1.54, 1.807) is 32.0 Å². The highest BCUT2D eigenvalue weighted by molar-refractivity contribution is 7.13. The number of aryl methyl sites for hydroxylation is 2. The number of carboxylic acids is 1. The molecule has 1 aromatic carbocycles. The normalized spacial score (nSPS) is 11.8. The molecule has 2 rings (SSSR count). The van der Waals surface area contributed by atoms with E-state index in [0.717, 1.165) is 16.9 Å². The molecule has 0 aliphatic carbocycles. The molecule has 1 unspecified atom stereocenters. The van der Waals surface area contributed by atoms with Crippen LogP contribution in [0.25, 0.3) is 0 Å². The number of nitrogens with zero attached hydrogens (tertiary/aromatic N) is 1. The molecule has 0 aliphatic heterocycles. The molecule has 8 heteroatoms. The van der Waals surface area contributed by atoms with Crippen molar-refractivity contribution in [2.45, 2.75) is 26.8 Å². The first-order chi connectivity index (χ1) is 11.3. The maximum atomic E-state index is 12.0. The van der Waals surface area contributed by atoms with Gasteiger partial charge in [0.25, 0.3) is 5.91 Å². The lowest BCUT2D eigenvalue weighted by Crippen LogP contribution is -2.31. The molecule has 1 heterocycles. The summed E-state index contributed by atoms with van der Waals surface area (Å²) in [6.07, 6.45) is 0. The Kier molecular flexibility index (Phi) is 5.80. The van der Waals surface area contributed by atoms with Crippen LogP contribution in [0.5, 0.6) is 5.75 Å². The molecule has 1 aromatic heterocycles. The van der Waals surface area contributed by atoms with Crippen LogP contribution in [0.3, 0.4) is 0 Å². The van der Waals surface area contributed by atoms with Crippen LogP contribution >= 0.6 is 22.9 Å². The molecule has 2 N–H and O–H groups in total. The summed E-state index contributed by atoms with van der Waals surface area (Å²) in [5.41, 5.74) is 1.30. The summed E-state index contributed by atoms with van der Waals surface area (Å²) >= 11 is 6.99. The van der Waals surface area contributed by atoms with Gasteiger partial charge in [0.15, 0.2) is 6.61 Å². The fourth-order valence-corrected chi connectivity index (χ4v) is 3.03. The third-order valence-electron chi connectivity index (χ3n) is 3.25. The van der Waals surface area contributed by atoms with Gasteiger partial charge in [0, 0.05) is 5.02 Å². The Labute approximate surface area is 148 Å². The third kappa shape index (κ3) is 4.46. The lowest BCUT2D eigenvalue weighted by molar-refractivity contribution is -0.123. The number of carbonyl (C=O) groups excluding carboxylic acids is 1. The zero-order chi connectivity index (χ0) is 17.9. The quantitative estimate of drug-likeness (QED) is 0.816. The Morgan fingerprint density at radius 2 is 2.12 bits per heavy atom. The Balaban J connectivity index is 1.92. The van der Waals surface area contributed by atoms with Crippen molar-refractivity contribution in [1.82, 2.24) is 10.3 Å². The summed E-state index contributed by atoms with van der Waals surface area (Å²) in [7, 11) is 0. The standard InChI is InChI=1S/C16H17ClN2O4S/c1-8-6-11(4-5-12(8)17)23-7-13(20)18-10(3)15-19-9(2)14(24-15)16(21)22/h4-6,10H,7H2,1-3H3,(H,18,20)(H,21,22). The largest absolute Gasteiger partial charge is 0.484 e. The van der Waals surface area contributed by atoms with Crippen molar-refractivity contribution in [1.29, 1.82) is 0 Å². The molecule has 0 aliphatic rings. The van der Waals surface area contributed by atoms with E-state index in [2.05, 4.69) is 10.3 Å². The van der Waals surface area contributed by atoms with E-state index < -0.39 is 12.0 Å². The number of aromatic carboxylic acids is 1. The van der Waals surface area contributed by atoms with Crippen molar-refractivity contribution in [3.05, 3.63) is 44.4 Å². The number of thiazole rings is 1. The summed E-state index contributed by atoms with van der Waals surface area (Å²) in [6.45, 7) is 5.07. The summed E-state index contributed by atoms with van der Waals surface area (Å²) in [5, 5.41) is 13.0. The zero-order valence-corrected chi connectivity index (χ0v) is 15.0. The number of rotatable bonds is 6. The number of ether oxygens (including phenoxy) is 1. The van der Waals surface area contributed by atoms with Gasteiger partial charge < -0.3 is 15.2 Å². The van der Waals surface area contributed by atoms with E-state index in [1.165, 1.54) is 0 Å². The summed E-state index contributed by atoms with van der Waals surface area (Å²) in [4.78, 5) is 27.4. The third-order valence-corrected chi connectivity index (χ3v) is 5.01. The van der Waals surface area contributed by atoms with Crippen LogP contribution in [0, 0.1) is 13.8 Å². The van der Waals surface area contributed by atoms with Crippen molar-refractivity contribution in [2.75, 3.05) is 6.61 Å². The van der Waals surface area contributed by atoms with Crippen LogP contribution in [0.15, 0.2) is 18.2 Å². The topological polar surface area (TPSA) is 88.5 Å². The van der Waals surface area contributed by atoms with Gasteiger partial charge in [-0.3, -0.25) is 4.79 Å². The van der Waals surface area contributed by atoms with E-state index in [1.807, 2.05) is 6.92 Å². The molecule has 24 heavy (non-hydrogen) atoms. The van der Waals surface area contributed by atoms with Crippen LogP contribution in [0.1, 0.15) is 38.9 Å². The molecule has 0 bridgehead atoms. The summed E-state index contributed by atoms with van der Waals surface area (Å²) in [6, 6.07) is 4.75. The SMILES string of the molecule is Cc1cc(OCC(=O)NC(C)c2nc(C)c(C(=O)O)s2)ccc1Cl. The van der Waals surface area contributed by atoms with Gasteiger partial charge in [0.05, 0.1) is 11.7 Å². The van der Waals surface area contributed by atoms with E-state index in [9.17, 15) is 9.59 Å². The smallest absolute Gasteiger partial charge is 0.347 e. The van der Waals surface area contributed by atoms with Crippen molar-refractivity contribution in [3.8, 4) is 5.75 Å². The monoisotopic (exact) mass is 368 g/mol. The molecule has 0 saturated heterocycles. The van der Waals surface area contributed by atoms with Crippen LogP contribution in [-0.4, -0.2) is 28.6 Å². The Bertz CT molecular complexity index is 775. The fourth-order valence-electron chi connectivity index (χ4n) is 2.00. The van der Waals surface area contributed by atoms with E-state index in [4.69, 9.17) is 21.4 Å². The zero-order valence-electron chi connectivity index (χ0n) is 13.4. The molecule has 0 spiro atoms. The lowest BCUT2D eigenvalue weighted by Gasteiger charge is -2.12. The van der Waals surface area contributed by atoms with Crippen molar-refractivity contribution in [2.24, 2.45) is 0 Å². The summed E-state index contributed by atoms with van der Waals surface area (Å²) in [5.74, 6) is -0.783. The predicted molar refractivity (Wildman–Crippen MR) is 92.1 cm³/mol. The average molecular weight is 369 g/mol. The molecule has 128 valence electrons. The molecule has 0 saturated carbocycles. The number of benzene rings is 1. The highest BCUT2D eigenvalue weighted by atomic mass is 35.5. The molecule has 1 amide bonds. The number of carbonyl (C=O) groups is 2. The van der Waals surface area contributed by atoms with Crippen molar-refractivity contribution in [3.63, 3.8) is 0 Å².